The fraction of sp³-hybridized carbons (Fsp3) is 0. The maximum atomic E-state index is 4.85. The van der Waals surface area contributed by atoms with Crippen molar-refractivity contribution in [3.8, 4) is 0 Å². The Morgan fingerprint density at radius 3 is 3.20 bits per heavy atom. The van der Waals surface area contributed by atoms with Crippen LogP contribution in [-0.2, 0) is 0 Å². The zero-order chi connectivity index (χ0) is 6.97. The average molecular weight is 135 g/mol. The number of hydrogen-bond donors (Lipinski definition) is 1. The Morgan fingerprint density at radius 2 is 2.50 bits per heavy atom. The molecule has 0 aliphatic heterocycles. The summed E-state index contributed by atoms with van der Waals surface area (Å²) in [5.74, 6) is 0.529. The molecule has 2 heterocycles. The number of aliphatic imine (C=N–C) groups is 1. The van der Waals surface area contributed by atoms with Gasteiger partial charge in [0.05, 0.1) is 0 Å². The largest absolute Gasteiger partial charge is 0.468 e. The molecule has 0 saturated carbocycles. The summed E-state index contributed by atoms with van der Waals surface area (Å²) in [6, 6.07) is 0. The van der Waals surface area contributed by atoms with E-state index in [1.165, 1.54) is 0 Å². The first-order chi connectivity index (χ1) is 4.90. The summed E-state index contributed by atoms with van der Waals surface area (Å²) in [6.07, 6.45) is 3.14. The second-order valence-electron chi connectivity index (χ2n) is 1.89. The van der Waals surface area contributed by atoms with E-state index in [1.54, 1.807) is 12.5 Å². The van der Waals surface area contributed by atoms with Crippen LogP contribution >= 0.6 is 0 Å². The lowest BCUT2D eigenvalue weighted by Gasteiger charge is -1.75. The van der Waals surface area contributed by atoms with Gasteiger partial charge in [-0.05, 0) is 6.72 Å². The van der Waals surface area contributed by atoms with E-state index in [0.717, 1.165) is 11.0 Å². The Labute approximate surface area is 56.6 Å². The van der Waals surface area contributed by atoms with Crippen LogP contribution in [0.15, 0.2) is 21.9 Å². The van der Waals surface area contributed by atoms with Crippen LogP contribution < -0.4 is 0 Å². The highest BCUT2D eigenvalue weighted by Crippen LogP contribution is 2.15. The van der Waals surface area contributed by atoms with Crippen molar-refractivity contribution in [1.82, 2.24) is 9.97 Å². The molecule has 4 nitrogen and oxygen atoms in total. The van der Waals surface area contributed by atoms with Crippen molar-refractivity contribution in [3.63, 3.8) is 0 Å². The molecule has 2 rings (SSSR count). The minimum absolute atomic E-state index is 0.529. The monoisotopic (exact) mass is 135 g/mol. The van der Waals surface area contributed by atoms with Crippen molar-refractivity contribution in [2.24, 2.45) is 4.99 Å². The van der Waals surface area contributed by atoms with Crippen molar-refractivity contribution in [2.45, 2.75) is 0 Å². The van der Waals surface area contributed by atoms with E-state index in [1.807, 2.05) is 0 Å². The topological polar surface area (TPSA) is 54.2 Å². The quantitative estimate of drug-likeness (QED) is 0.602. The number of furan rings is 1. The molecule has 0 amide bonds. The Kier molecular flexibility index (Phi) is 0.887. The van der Waals surface area contributed by atoms with Crippen molar-refractivity contribution in [3.05, 3.63) is 12.5 Å². The van der Waals surface area contributed by atoms with Gasteiger partial charge >= 0.3 is 0 Å². The van der Waals surface area contributed by atoms with E-state index in [4.69, 9.17) is 4.42 Å². The van der Waals surface area contributed by atoms with Gasteiger partial charge in [0, 0.05) is 0 Å². The molecule has 0 unspecified atom stereocenters. The van der Waals surface area contributed by atoms with E-state index in [2.05, 4.69) is 21.7 Å². The number of nitrogens with zero attached hydrogens (tertiary/aromatic N) is 2. The summed E-state index contributed by atoms with van der Waals surface area (Å²) in [5.41, 5.74) is 1.63. The number of nitrogens with one attached hydrogen (secondary N) is 1. The van der Waals surface area contributed by atoms with Crippen LogP contribution in [0.5, 0.6) is 0 Å². The first-order valence-electron chi connectivity index (χ1n) is 2.79. The number of rotatable bonds is 1. The molecule has 0 bridgehead atoms. The Balaban J connectivity index is 2.78. The minimum atomic E-state index is 0.529. The second kappa shape index (κ2) is 1.70. The number of aromatic nitrogens is 2. The van der Waals surface area contributed by atoms with Crippen LogP contribution in [0.25, 0.3) is 11.0 Å². The number of fused-ring (bicyclic) bond motifs is 1. The molecule has 0 aliphatic carbocycles. The van der Waals surface area contributed by atoms with E-state index >= 15 is 0 Å². The molecule has 0 radical (unpaired) electrons. The van der Waals surface area contributed by atoms with E-state index in [-0.39, 0.29) is 0 Å². The summed E-state index contributed by atoms with van der Waals surface area (Å²) in [7, 11) is 0. The average Bonchev–Trinajstić information content (AvgIpc) is 2.42. The third-order valence-electron chi connectivity index (χ3n) is 1.26. The van der Waals surface area contributed by atoms with Crippen molar-refractivity contribution < 1.29 is 4.42 Å². The van der Waals surface area contributed by atoms with Gasteiger partial charge in [0.1, 0.15) is 23.6 Å². The molecule has 0 aliphatic rings. The lowest BCUT2D eigenvalue weighted by Crippen LogP contribution is -1.61. The third kappa shape index (κ3) is 0.556. The first-order valence-corrected chi connectivity index (χ1v) is 2.79. The molecular weight excluding hydrogens is 130 g/mol. The Bertz CT molecular complexity index is 331. The SMILES string of the molecule is C=Nc1nc2cocc2[nH]1. The van der Waals surface area contributed by atoms with Crippen LogP contribution in [0.1, 0.15) is 0 Å². The van der Waals surface area contributed by atoms with Crippen molar-refractivity contribution >= 4 is 23.7 Å². The van der Waals surface area contributed by atoms with Crippen LogP contribution in [0.3, 0.4) is 0 Å². The molecule has 0 fully saturated rings. The van der Waals surface area contributed by atoms with Crippen molar-refractivity contribution in [1.29, 1.82) is 0 Å². The maximum Gasteiger partial charge on any atom is 0.227 e. The lowest BCUT2D eigenvalue weighted by molar-refractivity contribution is 0.570. The number of imidazole rings is 1. The highest BCUT2D eigenvalue weighted by Gasteiger charge is 2.00. The normalized spacial score (nSPS) is 10.4. The molecule has 4 heteroatoms. The molecule has 2 aromatic rings. The molecule has 50 valence electrons. The van der Waals surface area contributed by atoms with Crippen LogP contribution in [0, 0.1) is 0 Å². The Morgan fingerprint density at radius 1 is 1.60 bits per heavy atom. The van der Waals surface area contributed by atoms with Gasteiger partial charge in [-0.2, -0.15) is 0 Å². The molecule has 10 heavy (non-hydrogen) atoms. The minimum Gasteiger partial charge on any atom is -0.468 e. The van der Waals surface area contributed by atoms with E-state index < -0.39 is 0 Å². The van der Waals surface area contributed by atoms with Gasteiger partial charge in [-0.25, -0.2) is 9.98 Å². The zero-order valence-electron chi connectivity index (χ0n) is 5.16. The predicted octanol–water partition coefficient (Wildman–Crippen LogP) is 1.49. The lowest BCUT2D eigenvalue weighted by atomic mass is 10.5. The van der Waals surface area contributed by atoms with Gasteiger partial charge in [-0.15, -0.1) is 0 Å². The van der Waals surface area contributed by atoms with Gasteiger partial charge in [0.15, 0.2) is 0 Å². The fourth-order valence-corrected chi connectivity index (χ4v) is 0.808. The summed E-state index contributed by atoms with van der Waals surface area (Å²) in [4.78, 5) is 10.5. The predicted molar refractivity (Wildman–Crippen MR) is 37.6 cm³/mol. The molecule has 0 aromatic carbocycles. The third-order valence-corrected chi connectivity index (χ3v) is 1.26. The number of hydrogen-bond acceptors (Lipinski definition) is 3. The molecule has 2 aromatic heterocycles. The summed E-state index contributed by atoms with van der Waals surface area (Å²) in [5, 5.41) is 0. The summed E-state index contributed by atoms with van der Waals surface area (Å²) >= 11 is 0. The summed E-state index contributed by atoms with van der Waals surface area (Å²) in [6.45, 7) is 3.33. The van der Waals surface area contributed by atoms with Gasteiger partial charge < -0.3 is 9.40 Å². The Hall–Kier alpha value is -1.58. The maximum absolute atomic E-state index is 4.85. The fourth-order valence-electron chi connectivity index (χ4n) is 0.808. The van der Waals surface area contributed by atoms with E-state index in [0.29, 0.717) is 5.95 Å². The van der Waals surface area contributed by atoms with Gasteiger partial charge in [-0.1, -0.05) is 0 Å². The van der Waals surface area contributed by atoms with E-state index in [9.17, 15) is 0 Å². The second-order valence-corrected chi connectivity index (χ2v) is 1.89. The van der Waals surface area contributed by atoms with Gasteiger partial charge in [0.25, 0.3) is 0 Å². The highest BCUT2D eigenvalue weighted by atomic mass is 16.3. The highest BCUT2D eigenvalue weighted by molar-refractivity contribution is 5.75. The molecular formula is C6H5N3O. The standard InChI is InChI=1S/C6H5N3O/c1-7-6-8-4-2-10-3-5(4)9-6/h2-3H,1H2,(H,8,9). The van der Waals surface area contributed by atoms with Gasteiger partial charge in [0.2, 0.25) is 5.95 Å². The summed E-state index contributed by atoms with van der Waals surface area (Å²) < 4.78 is 4.85. The number of aromatic amines is 1. The first kappa shape index (κ1) is 5.22. The molecule has 0 spiro atoms. The van der Waals surface area contributed by atoms with Crippen LogP contribution in [0.4, 0.5) is 5.95 Å². The molecule has 0 atom stereocenters. The molecule has 1 N–H and O–H groups in total. The van der Waals surface area contributed by atoms with Crippen LogP contribution in [0.2, 0.25) is 0 Å². The number of H-pyrrole nitrogens is 1. The molecule has 0 saturated heterocycles. The zero-order valence-corrected chi connectivity index (χ0v) is 5.16. The van der Waals surface area contributed by atoms with Gasteiger partial charge in [-0.3, -0.25) is 0 Å². The van der Waals surface area contributed by atoms with Crippen LogP contribution in [-0.4, -0.2) is 16.7 Å². The smallest absolute Gasteiger partial charge is 0.227 e. The van der Waals surface area contributed by atoms with Crippen molar-refractivity contribution in [2.75, 3.05) is 0 Å².